The summed E-state index contributed by atoms with van der Waals surface area (Å²) in [6.07, 6.45) is 7.13. The van der Waals surface area contributed by atoms with Crippen molar-refractivity contribution in [2.75, 3.05) is 56.7 Å². The van der Waals surface area contributed by atoms with Crippen LogP contribution in [-0.4, -0.2) is 74.0 Å². The highest BCUT2D eigenvalue weighted by Gasteiger charge is 2.23. The molecule has 0 saturated carbocycles. The standard InChI is InChI=1S/C25H33N5O3/c1-19-6-4-5-13-30(19)24-11-10-23(26-27-24)28-14-16-29(17-15-28)25(31)12-8-20-7-9-21(32-2)22(18-20)33-3/h7-12,18-19H,4-6,13-17H2,1-3H3/b12-8+. The lowest BCUT2D eigenvalue weighted by atomic mass is 10.0. The second-order valence-corrected chi connectivity index (χ2v) is 8.55. The summed E-state index contributed by atoms with van der Waals surface area (Å²) in [7, 11) is 3.20. The number of carbonyl (C=O) groups excluding carboxylic acids is 1. The fourth-order valence-corrected chi connectivity index (χ4v) is 4.46. The van der Waals surface area contributed by atoms with Gasteiger partial charge in [0.1, 0.15) is 0 Å². The number of amides is 1. The Hall–Kier alpha value is -3.29. The summed E-state index contributed by atoms with van der Waals surface area (Å²) in [4.78, 5) is 19.1. The summed E-state index contributed by atoms with van der Waals surface area (Å²) in [5.74, 6) is 3.14. The number of benzene rings is 1. The van der Waals surface area contributed by atoms with Crippen molar-refractivity contribution in [3.8, 4) is 11.5 Å². The zero-order valence-electron chi connectivity index (χ0n) is 19.7. The molecule has 2 aromatic rings. The Labute approximate surface area is 195 Å². The number of carbonyl (C=O) groups is 1. The number of nitrogens with zero attached hydrogens (tertiary/aromatic N) is 5. The molecule has 4 rings (SSSR count). The monoisotopic (exact) mass is 451 g/mol. The van der Waals surface area contributed by atoms with Gasteiger partial charge in [-0.2, -0.15) is 0 Å². The molecule has 1 unspecified atom stereocenters. The Morgan fingerprint density at radius 1 is 0.939 bits per heavy atom. The number of piperazine rings is 1. The summed E-state index contributed by atoms with van der Waals surface area (Å²) in [6.45, 7) is 6.09. The quantitative estimate of drug-likeness (QED) is 0.625. The van der Waals surface area contributed by atoms with Gasteiger partial charge in [-0.1, -0.05) is 6.07 Å². The molecule has 0 radical (unpaired) electrons. The van der Waals surface area contributed by atoms with E-state index in [0.29, 0.717) is 30.6 Å². The summed E-state index contributed by atoms with van der Waals surface area (Å²) < 4.78 is 10.6. The highest BCUT2D eigenvalue weighted by Crippen LogP contribution is 2.28. The van der Waals surface area contributed by atoms with E-state index in [1.54, 1.807) is 20.3 Å². The smallest absolute Gasteiger partial charge is 0.246 e. The van der Waals surface area contributed by atoms with Crippen molar-refractivity contribution >= 4 is 23.6 Å². The lowest BCUT2D eigenvalue weighted by molar-refractivity contribution is -0.126. The number of ether oxygens (including phenoxy) is 2. The maximum absolute atomic E-state index is 12.7. The molecular weight excluding hydrogens is 418 g/mol. The Morgan fingerprint density at radius 3 is 2.33 bits per heavy atom. The first-order chi connectivity index (χ1) is 16.1. The first-order valence-electron chi connectivity index (χ1n) is 11.6. The van der Waals surface area contributed by atoms with Gasteiger partial charge in [0.25, 0.3) is 0 Å². The van der Waals surface area contributed by atoms with Crippen LogP contribution in [0.4, 0.5) is 11.6 Å². The molecule has 33 heavy (non-hydrogen) atoms. The lowest BCUT2D eigenvalue weighted by Gasteiger charge is -2.36. The highest BCUT2D eigenvalue weighted by molar-refractivity contribution is 5.92. The number of hydrogen-bond donors (Lipinski definition) is 0. The Balaban J connectivity index is 1.31. The van der Waals surface area contributed by atoms with Crippen molar-refractivity contribution in [2.24, 2.45) is 0 Å². The van der Waals surface area contributed by atoms with Gasteiger partial charge >= 0.3 is 0 Å². The largest absolute Gasteiger partial charge is 0.493 e. The van der Waals surface area contributed by atoms with Crippen LogP contribution in [0.25, 0.3) is 6.08 Å². The number of anilines is 2. The third kappa shape index (κ3) is 5.38. The van der Waals surface area contributed by atoms with Gasteiger partial charge in [-0.15, -0.1) is 10.2 Å². The molecule has 2 fully saturated rings. The van der Waals surface area contributed by atoms with Crippen LogP contribution in [-0.2, 0) is 4.79 Å². The van der Waals surface area contributed by atoms with Crippen molar-refractivity contribution in [2.45, 2.75) is 32.2 Å². The van der Waals surface area contributed by atoms with Crippen LogP contribution in [0, 0.1) is 0 Å². The van der Waals surface area contributed by atoms with Crippen molar-refractivity contribution in [3.05, 3.63) is 42.0 Å². The molecule has 1 aromatic carbocycles. The molecule has 8 heteroatoms. The molecule has 1 aromatic heterocycles. The minimum absolute atomic E-state index is 0.00459. The van der Waals surface area contributed by atoms with Gasteiger partial charge in [-0.3, -0.25) is 4.79 Å². The van der Waals surface area contributed by atoms with Gasteiger partial charge in [0, 0.05) is 44.8 Å². The molecule has 2 aliphatic heterocycles. The molecule has 0 spiro atoms. The maximum atomic E-state index is 12.7. The van der Waals surface area contributed by atoms with Crippen LogP contribution in [0.15, 0.2) is 36.4 Å². The van der Waals surface area contributed by atoms with Crippen molar-refractivity contribution in [1.82, 2.24) is 15.1 Å². The third-order valence-electron chi connectivity index (χ3n) is 6.47. The summed E-state index contributed by atoms with van der Waals surface area (Å²) in [5, 5.41) is 8.98. The molecular formula is C25H33N5O3. The topological polar surface area (TPSA) is 71.0 Å². The van der Waals surface area contributed by atoms with E-state index in [1.165, 1.54) is 19.3 Å². The predicted molar refractivity (Wildman–Crippen MR) is 130 cm³/mol. The second-order valence-electron chi connectivity index (χ2n) is 8.55. The third-order valence-corrected chi connectivity index (χ3v) is 6.47. The Bertz CT molecular complexity index is 971. The van der Waals surface area contributed by atoms with Gasteiger partial charge in [-0.25, -0.2) is 0 Å². The number of rotatable bonds is 6. The van der Waals surface area contributed by atoms with E-state index < -0.39 is 0 Å². The number of aromatic nitrogens is 2. The second kappa shape index (κ2) is 10.6. The van der Waals surface area contributed by atoms with Gasteiger partial charge < -0.3 is 24.2 Å². The molecule has 2 aliphatic rings. The van der Waals surface area contributed by atoms with Crippen LogP contribution in [0.3, 0.4) is 0 Å². The average molecular weight is 452 g/mol. The zero-order valence-corrected chi connectivity index (χ0v) is 19.7. The maximum Gasteiger partial charge on any atom is 0.246 e. The SMILES string of the molecule is COc1ccc(/C=C/C(=O)N2CCN(c3ccc(N4CCCCC4C)nn3)CC2)cc1OC. The molecule has 1 atom stereocenters. The first-order valence-corrected chi connectivity index (χ1v) is 11.6. The Morgan fingerprint density at radius 2 is 1.67 bits per heavy atom. The van der Waals surface area contributed by atoms with Gasteiger partial charge in [0.2, 0.25) is 5.91 Å². The van der Waals surface area contributed by atoms with Crippen LogP contribution in [0.5, 0.6) is 11.5 Å². The van der Waals surface area contributed by atoms with Gasteiger partial charge in [0.15, 0.2) is 23.1 Å². The van der Waals surface area contributed by atoms with E-state index in [1.807, 2.05) is 29.2 Å². The van der Waals surface area contributed by atoms with Crippen LogP contribution >= 0.6 is 0 Å². The van der Waals surface area contributed by atoms with E-state index in [0.717, 1.165) is 36.8 Å². The molecule has 0 N–H and O–H groups in total. The summed E-state index contributed by atoms with van der Waals surface area (Å²) in [6, 6.07) is 10.2. The lowest BCUT2D eigenvalue weighted by Crippen LogP contribution is -2.48. The van der Waals surface area contributed by atoms with E-state index >= 15 is 0 Å². The predicted octanol–water partition coefficient (Wildman–Crippen LogP) is 3.23. The molecule has 8 nitrogen and oxygen atoms in total. The fraction of sp³-hybridized carbons (Fsp3) is 0.480. The molecule has 2 saturated heterocycles. The molecule has 0 aliphatic carbocycles. The van der Waals surface area contributed by atoms with Crippen molar-refractivity contribution < 1.29 is 14.3 Å². The fourth-order valence-electron chi connectivity index (χ4n) is 4.46. The summed E-state index contributed by atoms with van der Waals surface area (Å²) >= 11 is 0. The molecule has 3 heterocycles. The highest BCUT2D eigenvalue weighted by atomic mass is 16.5. The van der Waals surface area contributed by atoms with E-state index in [2.05, 4.69) is 39.1 Å². The molecule has 1 amide bonds. The minimum atomic E-state index is 0.00459. The number of piperidine rings is 1. The van der Waals surface area contributed by atoms with Crippen molar-refractivity contribution in [1.29, 1.82) is 0 Å². The minimum Gasteiger partial charge on any atom is -0.493 e. The zero-order chi connectivity index (χ0) is 23.2. The number of methoxy groups -OCH3 is 2. The van der Waals surface area contributed by atoms with Crippen LogP contribution < -0.4 is 19.3 Å². The Kier molecular flexibility index (Phi) is 7.32. The molecule has 0 bridgehead atoms. The normalized spacial score (nSPS) is 19.1. The van der Waals surface area contributed by atoms with Gasteiger partial charge in [0.05, 0.1) is 14.2 Å². The van der Waals surface area contributed by atoms with Crippen molar-refractivity contribution in [3.63, 3.8) is 0 Å². The van der Waals surface area contributed by atoms with Crippen LogP contribution in [0.1, 0.15) is 31.7 Å². The first kappa shape index (κ1) is 22.9. The average Bonchev–Trinajstić information content (AvgIpc) is 2.87. The van der Waals surface area contributed by atoms with E-state index in [9.17, 15) is 4.79 Å². The summed E-state index contributed by atoms with van der Waals surface area (Å²) in [5.41, 5.74) is 0.887. The van der Waals surface area contributed by atoms with E-state index in [-0.39, 0.29) is 5.91 Å². The van der Waals surface area contributed by atoms with Gasteiger partial charge in [-0.05, 0) is 62.1 Å². The molecule has 176 valence electrons. The number of hydrogen-bond acceptors (Lipinski definition) is 7. The van der Waals surface area contributed by atoms with Crippen LogP contribution in [0.2, 0.25) is 0 Å². The van der Waals surface area contributed by atoms with E-state index in [4.69, 9.17) is 9.47 Å².